The molecule has 0 N–H and O–H groups in total. The lowest BCUT2D eigenvalue weighted by molar-refractivity contribution is -0.0336. The van der Waals surface area contributed by atoms with E-state index in [9.17, 15) is 0 Å². The maximum absolute atomic E-state index is 2.83. The first-order valence-electron chi connectivity index (χ1n) is 11.1. The van der Waals surface area contributed by atoms with Gasteiger partial charge in [0.05, 0.1) is 0 Å². The van der Waals surface area contributed by atoms with E-state index in [4.69, 9.17) is 0 Å². The highest BCUT2D eigenvalue weighted by molar-refractivity contribution is 5.01. The molecule has 0 aromatic rings. The third-order valence-electron chi connectivity index (χ3n) is 7.83. The van der Waals surface area contributed by atoms with Crippen LogP contribution in [0.15, 0.2) is 0 Å². The molecule has 2 aliphatic heterocycles. The van der Waals surface area contributed by atoms with Gasteiger partial charge in [0.2, 0.25) is 0 Å². The van der Waals surface area contributed by atoms with Crippen LogP contribution in [0.25, 0.3) is 0 Å². The van der Waals surface area contributed by atoms with Crippen molar-refractivity contribution in [2.24, 2.45) is 22.7 Å². The minimum atomic E-state index is 0.724. The topological polar surface area (TPSA) is 9.72 Å². The van der Waals surface area contributed by atoms with E-state index >= 15 is 0 Å². The van der Waals surface area contributed by atoms with Gasteiger partial charge in [0.15, 0.2) is 0 Å². The fraction of sp³-hybridized carbons (Fsp3) is 1.00. The van der Waals surface area contributed by atoms with Crippen LogP contribution in [0, 0.1) is 22.7 Å². The van der Waals surface area contributed by atoms with Gasteiger partial charge >= 0.3 is 0 Å². The number of rotatable bonds is 6. The highest BCUT2D eigenvalue weighted by Gasteiger charge is 2.48. The molecule has 2 saturated heterocycles. The molecule has 0 aromatic carbocycles. The molecule has 25 heavy (non-hydrogen) atoms. The lowest BCUT2D eigenvalue weighted by Crippen LogP contribution is -2.52. The SMILES string of the molecule is CC(C)CC1(CN2CCC3(CC2)CC(CN2CCN(C)CC2)C3)CC1. The number of likely N-dealkylation sites (N-methyl/N-ethyl adjacent to an activating group) is 1. The van der Waals surface area contributed by atoms with Crippen molar-refractivity contribution >= 4 is 0 Å². The molecule has 0 radical (unpaired) electrons. The van der Waals surface area contributed by atoms with Gasteiger partial charge in [-0.15, -0.1) is 0 Å². The molecule has 4 aliphatic rings. The Kier molecular flexibility index (Phi) is 5.20. The van der Waals surface area contributed by atoms with Gasteiger partial charge in [0.25, 0.3) is 0 Å². The smallest absolute Gasteiger partial charge is 0.0110 e. The number of piperidine rings is 1. The van der Waals surface area contributed by atoms with Crippen LogP contribution in [0.5, 0.6) is 0 Å². The number of nitrogens with zero attached hydrogens (tertiary/aromatic N) is 3. The van der Waals surface area contributed by atoms with Gasteiger partial charge < -0.3 is 14.7 Å². The number of hydrogen-bond donors (Lipinski definition) is 0. The average Bonchev–Trinajstić information content (AvgIpc) is 3.28. The summed E-state index contributed by atoms with van der Waals surface area (Å²) in [5, 5.41) is 0. The van der Waals surface area contributed by atoms with E-state index in [1.54, 1.807) is 0 Å². The molecule has 0 aromatic heterocycles. The quantitative estimate of drug-likeness (QED) is 0.727. The van der Waals surface area contributed by atoms with E-state index in [1.165, 1.54) is 97.3 Å². The maximum Gasteiger partial charge on any atom is 0.0110 e. The predicted molar refractivity (Wildman–Crippen MR) is 106 cm³/mol. The van der Waals surface area contributed by atoms with E-state index in [0.717, 1.165) is 22.7 Å². The van der Waals surface area contributed by atoms with Crippen molar-refractivity contribution in [3.63, 3.8) is 0 Å². The van der Waals surface area contributed by atoms with Crippen LogP contribution in [-0.2, 0) is 0 Å². The first-order chi connectivity index (χ1) is 12.0. The Balaban J connectivity index is 1.16. The summed E-state index contributed by atoms with van der Waals surface area (Å²) in [5.41, 5.74) is 1.48. The first kappa shape index (κ1) is 18.3. The Morgan fingerprint density at radius 3 is 2.04 bits per heavy atom. The normalized spacial score (nSPS) is 30.7. The monoisotopic (exact) mass is 347 g/mol. The Morgan fingerprint density at radius 1 is 0.840 bits per heavy atom. The second kappa shape index (κ2) is 7.13. The third kappa shape index (κ3) is 4.42. The van der Waals surface area contributed by atoms with Crippen molar-refractivity contribution in [2.75, 3.05) is 59.4 Å². The molecule has 144 valence electrons. The van der Waals surface area contributed by atoms with Gasteiger partial charge in [0.1, 0.15) is 0 Å². The number of hydrogen-bond acceptors (Lipinski definition) is 3. The minimum absolute atomic E-state index is 0.724. The molecule has 4 rings (SSSR count). The Morgan fingerprint density at radius 2 is 1.48 bits per heavy atom. The molecule has 2 heterocycles. The van der Waals surface area contributed by atoms with Gasteiger partial charge in [-0.3, -0.25) is 0 Å². The van der Waals surface area contributed by atoms with Crippen LogP contribution in [-0.4, -0.2) is 74.1 Å². The highest BCUT2D eigenvalue weighted by atomic mass is 15.2. The van der Waals surface area contributed by atoms with Crippen molar-refractivity contribution in [2.45, 2.75) is 58.8 Å². The number of likely N-dealkylation sites (tertiary alicyclic amines) is 1. The summed E-state index contributed by atoms with van der Waals surface area (Å²) in [4.78, 5) is 8.03. The van der Waals surface area contributed by atoms with Crippen molar-refractivity contribution in [1.82, 2.24) is 14.7 Å². The van der Waals surface area contributed by atoms with E-state index in [1.807, 2.05) is 0 Å². The molecular weight excluding hydrogens is 306 g/mol. The summed E-state index contributed by atoms with van der Waals surface area (Å²) in [6.45, 7) is 15.5. The Hall–Kier alpha value is -0.120. The van der Waals surface area contributed by atoms with Crippen LogP contribution in [0.1, 0.15) is 58.8 Å². The lowest BCUT2D eigenvalue weighted by Gasteiger charge is -2.54. The molecule has 0 unspecified atom stereocenters. The Bertz CT molecular complexity index is 432. The fourth-order valence-corrected chi connectivity index (χ4v) is 6.23. The largest absolute Gasteiger partial charge is 0.304 e. The zero-order valence-electron chi connectivity index (χ0n) is 17.1. The first-order valence-corrected chi connectivity index (χ1v) is 11.1. The molecule has 0 bridgehead atoms. The van der Waals surface area contributed by atoms with Gasteiger partial charge in [-0.25, -0.2) is 0 Å². The highest BCUT2D eigenvalue weighted by Crippen LogP contribution is 2.55. The van der Waals surface area contributed by atoms with Gasteiger partial charge in [-0.2, -0.15) is 0 Å². The van der Waals surface area contributed by atoms with E-state index in [-0.39, 0.29) is 0 Å². The zero-order valence-corrected chi connectivity index (χ0v) is 17.1. The standard InChI is InChI=1S/C22H41N3/c1-19(2)14-22(4-5-22)18-25-8-6-21(7-9-25)15-20(16-21)17-24-12-10-23(3)11-13-24/h19-20H,4-18H2,1-3H3. The van der Waals surface area contributed by atoms with Crippen molar-refractivity contribution in [1.29, 1.82) is 0 Å². The van der Waals surface area contributed by atoms with Crippen LogP contribution in [0.3, 0.4) is 0 Å². The molecule has 0 atom stereocenters. The predicted octanol–water partition coefficient (Wildman–Crippen LogP) is 3.55. The molecule has 0 amide bonds. The second-order valence-corrected chi connectivity index (χ2v) is 10.8. The van der Waals surface area contributed by atoms with Crippen LogP contribution in [0.2, 0.25) is 0 Å². The van der Waals surface area contributed by atoms with Crippen LogP contribution >= 0.6 is 0 Å². The van der Waals surface area contributed by atoms with Crippen molar-refractivity contribution in [3.8, 4) is 0 Å². The van der Waals surface area contributed by atoms with Crippen molar-refractivity contribution in [3.05, 3.63) is 0 Å². The summed E-state index contributed by atoms with van der Waals surface area (Å²) in [6, 6.07) is 0. The van der Waals surface area contributed by atoms with Gasteiger partial charge in [0, 0.05) is 39.3 Å². The van der Waals surface area contributed by atoms with Crippen molar-refractivity contribution < 1.29 is 0 Å². The molecular formula is C22H41N3. The van der Waals surface area contributed by atoms with Crippen LogP contribution < -0.4 is 0 Å². The minimum Gasteiger partial charge on any atom is -0.304 e. The Labute approximate surface area is 156 Å². The molecule has 3 heteroatoms. The third-order valence-corrected chi connectivity index (χ3v) is 7.83. The molecule has 3 nitrogen and oxygen atoms in total. The van der Waals surface area contributed by atoms with E-state index in [0.29, 0.717) is 0 Å². The molecule has 2 saturated carbocycles. The second-order valence-electron chi connectivity index (χ2n) is 10.8. The van der Waals surface area contributed by atoms with Gasteiger partial charge in [-0.1, -0.05) is 13.8 Å². The lowest BCUT2D eigenvalue weighted by atomic mass is 9.57. The summed E-state index contributed by atoms with van der Waals surface area (Å²) >= 11 is 0. The van der Waals surface area contributed by atoms with E-state index < -0.39 is 0 Å². The number of piperazine rings is 1. The summed E-state index contributed by atoms with van der Waals surface area (Å²) in [7, 11) is 2.26. The zero-order chi connectivity index (χ0) is 17.5. The molecule has 1 spiro atoms. The van der Waals surface area contributed by atoms with E-state index in [2.05, 4.69) is 35.6 Å². The maximum atomic E-state index is 2.83. The molecule has 2 aliphatic carbocycles. The van der Waals surface area contributed by atoms with Gasteiger partial charge in [-0.05, 0) is 87.7 Å². The molecule has 4 fully saturated rings. The summed E-state index contributed by atoms with van der Waals surface area (Å²) in [6.07, 6.45) is 10.5. The summed E-state index contributed by atoms with van der Waals surface area (Å²) < 4.78 is 0. The van der Waals surface area contributed by atoms with Crippen LogP contribution in [0.4, 0.5) is 0 Å². The average molecular weight is 348 g/mol. The fourth-order valence-electron chi connectivity index (χ4n) is 6.23. The summed E-state index contributed by atoms with van der Waals surface area (Å²) in [5.74, 6) is 1.88.